The molecule has 1 fully saturated rings. The summed E-state index contributed by atoms with van der Waals surface area (Å²) in [6.07, 6.45) is -2.09. The molecule has 1 aromatic heterocycles. The molecule has 0 radical (unpaired) electrons. The summed E-state index contributed by atoms with van der Waals surface area (Å²) in [4.78, 5) is 17.5. The molecule has 35 heavy (non-hydrogen) atoms. The number of pyridine rings is 1. The fraction of sp³-hybridized carbons (Fsp3) is 0.478. The van der Waals surface area contributed by atoms with Gasteiger partial charge in [0.05, 0.1) is 29.1 Å². The first-order chi connectivity index (χ1) is 16.3. The zero-order valence-electron chi connectivity index (χ0n) is 18.8. The van der Waals surface area contributed by atoms with E-state index in [9.17, 15) is 26.4 Å². The molecule has 1 aliphatic heterocycles. The van der Waals surface area contributed by atoms with Crippen molar-refractivity contribution in [2.45, 2.75) is 43.9 Å². The Morgan fingerprint density at radius 3 is 2.46 bits per heavy atom. The lowest BCUT2D eigenvalue weighted by atomic mass is 9.99. The maximum absolute atomic E-state index is 14.0. The Labute approximate surface area is 211 Å². The van der Waals surface area contributed by atoms with E-state index in [2.05, 4.69) is 10.3 Å². The molecular weight excluding hydrogens is 526 g/mol. The highest BCUT2D eigenvalue weighted by Gasteiger charge is 2.47. The molecular formula is C23H24Cl2F3N3O3S. The van der Waals surface area contributed by atoms with Crippen LogP contribution in [0.1, 0.15) is 35.7 Å². The van der Waals surface area contributed by atoms with Crippen molar-refractivity contribution in [3.8, 4) is 0 Å². The molecule has 1 saturated heterocycles. The number of aromatic nitrogens is 1. The number of carbonyl (C=O) groups is 1. The number of sulfone groups is 1. The molecule has 2 aliphatic rings. The van der Waals surface area contributed by atoms with Gasteiger partial charge >= 0.3 is 6.18 Å². The molecule has 0 saturated carbocycles. The summed E-state index contributed by atoms with van der Waals surface area (Å²) in [7, 11) is -2.15. The third kappa shape index (κ3) is 5.86. The molecule has 1 amide bonds. The van der Waals surface area contributed by atoms with Crippen LogP contribution in [-0.2, 0) is 27.5 Å². The minimum atomic E-state index is -4.75. The predicted octanol–water partition coefficient (Wildman–Crippen LogP) is 4.85. The Kier molecular flexibility index (Phi) is 7.28. The van der Waals surface area contributed by atoms with Crippen LogP contribution >= 0.6 is 23.2 Å². The Hall–Kier alpha value is -2.04. The quantitative estimate of drug-likeness (QED) is 0.576. The van der Waals surface area contributed by atoms with Gasteiger partial charge in [-0.05, 0) is 61.1 Å². The lowest BCUT2D eigenvalue weighted by Gasteiger charge is -2.33. The SMILES string of the molecule is CN(C(=O)C1CCS(=O)(=O)CC1)C(c1ccc(NC2Cc3cc(Cl)cc(Cl)c3C2)cn1)C(F)(F)F. The number of nitrogens with one attached hydrogen (secondary N) is 1. The van der Waals surface area contributed by atoms with Crippen LogP contribution in [0, 0.1) is 5.92 Å². The van der Waals surface area contributed by atoms with Crippen molar-refractivity contribution in [3.63, 3.8) is 0 Å². The van der Waals surface area contributed by atoms with Gasteiger partial charge in [0.1, 0.15) is 9.84 Å². The lowest BCUT2D eigenvalue weighted by molar-refractivity contribution is -0.191. The first kappa shape index (κ1) is 26.0. The van der Waals surface area contributed by atoms with Crippen molar-refractivity contribution in [3.05, 3.63) is 57.3 Å². The van der Waals surface area contributed by atoms with Gasteiger partial charge in [-0.2, -0.15) is 13.2 Å². The minimum absolute atomic E-state index is 0.0149. The van der Waals surface area contributed by atoms with Crippen LogP contribution in [0.2, 0.25) is 10.0 Å². The lowest BCUT2D eigenvalue weighted by Crippen LogP contribution is -2.44. The van der Waals surface area contributed by atoms with Gasteiger partial charge in [-0.15, -0.1) is 0 Å². The summed E-state index contributed by atoms with van der Waals surface area (Å²) in [5, 5.41) is 4.40. The topological polar surface area (TPSA) is 79.4 Å². The van der Waals surface area contributed by atoms with Gasteiger partial charge in [0.2, 0.25) is 5.91 Å². The van der Waals surface area contributed by atoms with E-state index in [0.717, 1.165) is 18.2 Å². The van der Waals surface area contributed by atoms with Gasteiger partial charge in [0, 0.05) is 29.1 Å². The fourth-order valence-electron chi connectivity index (χ4n) is 4.78. The molecule has 12 heteroatoms. The molecule has 1 N–H and O–H groups in total. The monoisotopic (exact) mass is 549 g/mol. The second-order valence-electron chi connectivity index (χ2n) is 9.07. The molecule has 0 spiro atoms. The van der Waals surface area contributed by atoms with E-state index >= 15 is 0 Å². The average molecular weight is 550 g/mol. The van der Waals surface area contributed by atoms with Crippen LogP contribution in [-0.4, -0.2) is 55.0 Å². The summed E-state index contributed by atoms with van der Waals surface area (Å²) in [6.45, 7) is 0. The molecule has 4 rings (SSSR count). The normalized spacial score (nSPS) is 20.8. The summed E-state index contributed by atoms with van der Waals surface area (Å²) in [5.74, 6) is -1.89. The van der Waals surface area contributed by atoms with Crippen LogP contribution in [0.15, 0.2) is 30.5 Å². The summed E-state index contributed by atoms with van der Waals surface area (Å²) < 4.78 is 65.2. The van der Waals surface area contributed by atoms with Gasteiger partial charge in [-0.25, -0.2) is 8.42 Å². The second-order valence-corrected chi connectivity index (χ2v) is 12.2. The third-order valence-electron chi connectivity index (χ3n) is 6.56. The number of nitrogens with zero attached hydrogens (tertiary/aromatic N) is 2. The van der Waals surface area contributed by atoms with E-state index in [0.29, 0.717) is 33.5 Å². The van der Waals surface area contributed by atoms with Crippen LogP contribution in [0.25, 0.3) is 0 Å². The Morgan fingerprint density at radius 2 is 1.86 bits per heavy atom. The Morgan fingerprint density at radius 1 is 1.17 bits per heavy atom. The molecule has 6 nitrogen and oxygen atoms in total. The first-order valence-electron chi connectivity index (χ1n) is 11.1. The van der Waals surface area contributed by atoms with Crippen molar-refractivity contribution >= 4 is 44.6 Å². The number of fused-ring (bicyclic) bond motifs is 1. The highest BCUT2D eigenvalue weighted by atomic mass is 35.5. The number of anilines is 1. The standard InChI is InChI=1S/C23H24Cl2F3N3O3S/c1-31(22(32)13-4-6-35(33,34)7-5-13)21(23(26,27)28)20-3-2-16(12-29-20)30-17-9-14-8-15(24)10-19(25)18(14)11-17/h2-3,8,10,12-13,17,21,30H,4-7,9,11H2,1H3. The predicted molar refractivity (Wildman–Crippen MR) is 128 cm³/mol. The van der Waals surface area contributed by atoms with E-state index in [-0.39, 0.29) is 36.1 Å². The van der Waals surface area contributed by atoms with Crippen molar-refractivity contribution in [1.82, 2.24) is 9.88 Å². The van der Waals surface area contributed by atoms with Crippen LogP contribution in [0.4, 0.5) is 18.9 Å². The largest absolute Gasteiger partial charge is 0.414 e. The van der Waals surface area contributed by atoms with Crippen molar-refractivity contribution in [2.24, 2.45) is 5.92 Å². The van der Waals surface area contributed by atoms with Gasteiger partial charge < -0.3 is 10.2 Å². The number of hydrogen-bond donors (Lipinski definition) is 1. The summed E-state index contributed by atoms with van der Waals surface area (Å²) >= 11 is 12.3. The number of benzene rings is 1. The third-order valence-corrected chi connectivity index (χ3v) is 8.83. The number of hydrogen-bond acceptors (Lipinski definition) is 5. The minimum Gasteiger partial charge on any atom is -0.380 e. The summed E-state index contributed by atoms with van der Waals surface area (Å²) in [6, 6.07) is 4.04. The first-order valence-corrected chi connectivity index (χ1v) is 13.6. The number of halogens is 5. The van der Waals surface area contributed by atoms with Crippen LogP contribution in [0.5, 0.6) is 0 Å². The molecule has 190 valence electrons. The van der Waals surface area contributed by atoms with Crippen LogP contribution < -0.4 is 5.32 Å². The molecule has 2 heterocycles. The zero-order chi connectivity index (χ0) is 25.5. The maximum Gasteiger partial charge on any atom is 0.414 e. The molecule has 2 unspecified atom stereocenters. The Balaban J connectivity index is 1.46. The van der Waals surface area contributed by atoms with Crippen molar-refractivity contribution in [2.75, 3.05) is 23.9 Å². The molecule has 1 aromatic carbocycles. The second kappa shape index (κ2) is 9.78. The number of rotatable bonds is 5. The van der Waals surface area contributed by atoms with E-state index in [1.165, 1.54) is 18.3 Å². The van der Waals surface area contributed by atoms with Crippen molar-refractivity contribution < 1.29 is 26.4 Å². The zero-order valence-corrected chi connectivity index (χ0v) is 21.1. The molecule has 2 aromatic rings. The molecule has 2 atom stereocenters. The highest BCUT2D eigenvalue weighted by molar-refractivity contribution is 7.91. The van der Waals surface area contributed by atoms with E-state index in [1.807, 2.05) is 6.07 Å². The smallest absolute Gasteiger partial charge is 0.380 e. The Bertz CT molecular complexity index is 1210. The van der Waals surface area contributed by atoms with Gasteiger partial charge in [-0.1, -0.05) is 23.2 Å². The van der Waals surface area contributed by atoms with Crippen LogP contribution in [0.3, 0.4) is 0 Å². The molecule has 1 aliphatic carbocycles. The maximum atomic E-state index is 14.0. The number of amides is 1. The number of alkyl halides is 3. The number of carbonyl (C=O) groups excluding carboxylic acids is 1. The van der Waals surface area contributed by atoms with E-state index in [1.54, 1.807) is 6.07 Å². The van der Waals surface area contributed by atoms with Gasteiger partial charge in [0.25, 0.3) is 0 Å². The van der Waals surface area contributed by atoms with Crippen molar-refractivity contribution in [1.29, 1.82) is 0 Å². The van der Waals surface area contributed by atoms with Gasteiger partial charge in [-0.3, -0.25) is 9.78 Å². The van der Waals surface area contributed by atoms with E-state index < -0.39 is 33.9 Å². The van der Waals surface area contributed by atoms with E-state index in [4.69, 9.17) is 23.2 Å². The average Bonchev–Trinajstić information content (AvgIpc) is 3.16. The fourth-order valence-corrected chi connectivity index (χ4v) is 6.88. The van der Waals surface area contributed by atoms with Gasteiger partial charge in [0.15, 0.2) is 6.04 Å². The summed E-state index contributed by atoms with van der Waals surface area (Å²) in [5.41, 5.74) is 2.25. The molecule has 0 bridgehead atoms. The highest BCUT2D eigenvalue weighted by Crippen LogP contribution is 2.38.